The van der Waals surface area contributed by atoms with Crippen molar-refractivity contribution in [1.82, 2.24) is 10.2 Å². The minimum atomic E-state index is 0.344. The minimum Gasteiger partial charge on any atom is -0.312 e. The number of piperidine rings is 1. The van der Waals surface area contributed by atoms with Gasteiger partial charge in [-0.25, -0.2) is 0 Å². The quantitative estimate of drug-likeness (QED) is 0.812. The lowest BCUT2D eigenvalue weighted by Crippen LogP contribution is -2.65. The summed E-state index contributed by atoms with van der Waals surface area (Å²) in [6.07, 6.45) is 11.2. The summed E-state index contributed by atoms with van der Waals surface area (Å²) in [7, 11) is 0. The molecule has 0 aromatic carbocycles. The lowest BCUT2D eigenvalue weighted by Gasteiger charge is -2.53. The number of rotatable bonds is 5. The first-order chi connectivity index (χ1) is 9.50. The third kappa shape index (κ3) is 3.39. The molecule has 1 saturated heterocycles. The Balaban J connectivity index is 2.22. The SMILES string of the molecule is CCCNC(C(C)(C)C)C1(N2CCCCC2)CCCC1. The molecule has 1 aliphatic heterocycles. The van der Waals surface area contributed by atoms with Crippen molar-refractivity contribution in [2.75, 3.05) is 19.6 Å². The summed E-state index contributed by atoms with van der Waals surface area (Å²) in [6, 6.07) is 0.635. The van der Waals surface area contributed by atoms with E-state index in [2.05, 4.69) is 37.9 Å². The van der Waals surface area contributed by atoms with Crippen molar-refractivity contribution in [3.05, 3.63) is 0 Å². The second kappa shape index (κ2) is 6.79. The molecular formula is C18H36N2. The van der Waals surface area contributed by atoms with Crippen LogP contribution in [0.5, 0.6) is 0 Å². The molecule has 1 atom stereocenters. The van der Waals surface area contributed by atoms with Crippen LogP contribution >= 0.6 is 0 Å². The van der Waals surface area contributed by atoms with Crippen LogP contribution in [0.2, 0.25) is 0 Å². The summed E-state index contributed by atoms with van der Waals surface area (Å²) >= 11 is 0. The lowest BCUT2D eigenvalue weighted by molar-refractivity contribution is 0.0000352. The average molecular weight is 280 g/mol. The van der Waals surface area contributed by atoms with Gasteiger partial charge in [0.25, 0.3) is 0 Å². The highest BCUT2D eigenvalue weighted by molar-refractivity contribution is 5.08. The Morgan fingerprint density at radius 3 is 2.10 bits per heavy atom. The zero-order valence-electron chi connectivity index (χ0n) is 14.3. The predicted molar refractivity (Wildman–Crippen MR) is 88.2 cm³/mol. The van der Waals surface area contributed by atoms with Crippen LogP contribution in [0.1, 0.15) is 79.1 Å². The first-order valence-corrected chi connectivity index (χ1v) is 8.99. The van der Waals surface area contributed by atoms with E-state index in [1.165, 1.54) is 64.5 Å². The van der Waals surface area contributed by atoms with E-state index in [4.69, 9.17) is 0 Å². The molecule has 0 radical (unpaired) electrons. The molecule has 0 aromatic heterocycles. The highest BCUT2D eigenvalue weighted by Gasteiger charge is 2.49. The molecule has 2 nitrogen and oxygen atoms in total. The predicted octanol–water partition coefficient (Wildman–Crippen LogP) is 4.20. The Hall–Kier alpha value is -0.0800. The van der Waals surface area contributed by atoms with E-state index in [0.717, 1.165) is 6.54 Å². The van der Waals surface area contributed by atoms with E-state index in [-0.39, 0.29) is 0 Å². The third-order valence-corrected chi connectivity index (χ3v) is 5.46. The number of hydrogen-bond acceptors (Lipinski definition) is 2. The topological polar surface area (TPSA) is 15.3 Å². The molecule has 2 rings (SSSR count). The summed E-state index contributed by atoms with van der Waals surface area (Å²) in [5, 5.41) is 3.95. The Morgan fingerprint density at radius 2 is 1.60 bits per heavy atom. The van der Waals surface area contributed by atoms with Gasteiger partial charge in [-0.1, -0.05) is 47.0 Å². The van der Waals surface area contributed by atoms with Crippen LogP contribution < -0.4 is 5.32 Å². The maximum atomic E-state index is 3.95. The Kier molecular flexibility index (Phi) is 5.53. The summed E-state index contributed by atoms with van der Waals surface area (Å²) in [5.74, 6) is 0. The highest BCUT2D eigenvalue weighted by atomic mass is 15.2. The fourth-order valence-corrected chi connectivity index (χ4v) is 4.70. The highest BCUT2D eigenvalue weighted by Crippen LogP contribution is 2.44. The average Bonchev–Trinajstić information content (AvgIpc) is 2.89. The molecule has 2 aliphatic rings. The summed E-state index contributed by atoms with van der Waals surface area (Å²) < 4.78 is 0. The maximum Gasteiger partial charge on any atom is 0.0367 e. The van der Waals surface area contributed by atoms with Crippen LogP contribution in [0.4, 0.5) is 0 Å². The van der Waals surface area contributed by atoms with E-state index in [9.17, 15) is 0 Å². The maximum absolute atomic E-state index is 3.95. The van der Waals surface area contributed by atoms with E-state index in [1.54, 1.807) is 0 Å². The number of nitrogens with one attached hydrogen (secondary N) is 1. The summed E-state index contributed by atoms with van der Waals surface area (Å²) in [5.41, 5.74) is 0.783. The van der Waals surface area contributed by atoms with Gasteiger partial charge in [-0.3, -0.25) is 4.90 Å². The van der Waals surface area contributed by atoms with Gasteiger partial charge in [-0.2, -0.15) is 0 Å². The Bertz CT molecular complexity index is 280. The molecule has 1 N–H and O–H groups in total. The van der Waals surface area contributed by atoms with Gasteiger partial charge in [0.05, 0.1) is 0 Å². The van der Waals surface area contributed by atoms with Crippen LogP contribution in [0.25, 0.3) is 0 Å². The van der Waals surface area contributed by atoms with Gasteiger partial charge in [0.1, 0.15) is 0 Å². The van der Waals surface area contributed by atoms with Gasteiger partial charge in [0.15, 0.2) is 0 Å². The van der Waals surface area contributed by atoms with Crippen LogP contribution in [0.3, 0.4) is 0 Å². The molecule has 118 valence electrons. The second-order valence-electron chi connectivity index (χ2n) is 8.11. The van der Waals surface area contributed by atoms with Crippen LogP contribution in [0.15, 0.2) is 0 Å². The number of nitrogens with zero attached hydrogens (tertiary/aromatic N) is 1. The minimum absolute atomic E-state index is 0.344. The van der Waals surface area contributed by atoms with Crippen LogP contribution in [-0.2, 0) is 0 Å². The first-order valence-electron chi connectivity index (χ1n) is 8.99. The summed E-state index contributed by atoms with van der Waals surface area (Å²) in [4.78, 5) is 2.88. The molecule has 2 fully saturated rings. The van der Waals surface area contributed by atoms with Crippen LogP contribution in [-0.4, -0.2) is 36.1 Å². The van der Waals surface area contributed by atoms with Crippen molar-refractivity contribution in [2.24, 2.45) is 5.41 Å². The van der Waals surface area contributed by atoms with Gasteiger partial charge < -0.3 is 5.32 Å². The standard InChI is InChI=1S/C18H36N2/c1-5-13-19-16(17(2,3)4)18(11-7-8-12-18)20-14-9-6-10-15-20/h16,19H,5-15H2,1-4H3. The largest absolute Gasteiger partial charge is 0.312 e. The monoisotopic (exact) mass is 280 g/mol. The van der Waals surface area contributed by atoms with Crippen molar-refractivity contribution in [1.29, 1.82) is 0 Å². The Labute approximate surface area is 126 Å². The lowest BCUT2D eigenvalue weighted by atomic mass is 9.71. The smallest absolute Gasteiger partial charge is 0.0367 e. The molecule has 20 heavy (non-hydrogen) atoms. The molecule has 2 heteroatoms. The first kappa shape index (κ1) is 16.3. The van der Waals surface area contributed by atoms with Crippen molar-refractivity contribution in [3.63, 3.8) is 0 Å². The van der Waals surface area contributed by atoms with E-state index in [1.807, 2.05) is 0 Å². The molecule has 0 bridgehead atoms. The van der Waals surface area contributed by atoms with Gasteiger partial charge >= 0.3 is 0 Å². The number of likely N-dealkylation sites (tertiary alicyclic amines) is 1. The van der Waals surface area contributed by atoms with Gasteiger partial charge in [-0.15, -0.1) is 0 Å². The fraction of sp³-hybridized carbons (Fsp3) is 1.00. The molecule has 1 aliphatic carbocycles. The van der Waals surface area contributed by atoms with Crippen molar-refractivity contribution in [2.45, 2.75) is 90.6 Å². The van der Waals surface area contributed by atoms with Crippen molar-refractivity contribution < 1.29 is 0 Å². The fourth-order valence-electron chi connectivity index (χ4n) is 4.70. The zero-order chi connectivity index (χ0) is 14.6. The molecule has 0 aromatic rings. The molecule has 1 saturated carbocycles. The normalized spacial score (nSPS) is 25.8. The van der Waals surface area contributed by atoms with Gasteiger partial charge in [0, 0.05) is 11.6 Å². The molecule has 1 heterocycles. The van der Waals surface area contributed by atoms with E-state index >= 15 is 0 Å². The van der Waals surface area contributed by atoms with E-state index in [0.29, 0.717) is 17.0 Å². The number of hydrogen-bond donors (Lipinski definition) is 1. The molecule has 0 amide bonds. The van der Waals surface area contributed by atoms with Crippen molar-refractivity contribution >= 4 is 0 Å². The van der Waals surface area contributed by atoms with Gasteiger partial charge in [-0.05, 0) is 57.2 Å². The second-order valence-corrected chi connectivity index (χ2v) is 8.11. The molecule has 0 spiro atoms. The molecule has 1 unspecified atom stereocenters. The van der Waals surface area contributed by atoms with Crippen LogP contribution in [0, 0.1) is 5.41 Å². The van der Waals surface area contributed by atoms with E-state index < -0.39 is 0 Å². The van der Waals surface area contributed by atoms with Crippen molar-refractivity contribution in [3.8, 4) is 0 Å². The third-order valence-electron chi connectivity index (χ3n) is 5.46. The Morgan fingerprint density at radius 1 is 1.00 bits per heavy atom. The zero-order valence-corrected chi connectivity index (χ0v) is 14.3. The van der Waals surface area contributed by atoms with Gasteiger partial charge in [0.2, 0.25) is 0 Å². The summed E-state index contributed by atoms with van der Waals surface area (Å²) in [6.45, 7) is 13.4. The molecular weight excluding hydrogens is 244 g/mol.